The molecule has 2 fully saturated rings. The van der Waals surface area contributed by atoms with Crippen molar-refractivity contribution in [2.24, 2.45) is 11.8 Å². The molecule has 8 heteroatoms. The number of amides is 2. The summed E-state index contributed by atoms with van der Waals surface area (Å²) in [4.78, 5) is 38.1. The number of hydrogen-bond acceptors (Lipinski definition) is 5. The number of piperidine rings is 2. The van der Waals surface area contributed by atoms with Gasteiger partial charge in [0.2, 0.25) is 17.8 Å². The third kappa shape index (κ3) is 5.41. The minimum Gasteiger partial charge on any atom is -0.356 e. The molecule has 1 aromatic carbocycles. The van der Waals surface area contributed by atoms with Crippen LogP contribution in [0.15, 0.2) is 42.7 Å². The van der Waals surface area contributed by atoms with E-state index in [-0.39, 0.29) is 29.5 Å². The molecule has 0 unspecified atom stereocenters. The van der Waals surface area contributed by atoms with Crippen molar-refractivity contribution < 1.29 is 14.0 Å². The molecular formula is C24H30FN5O2. The zero-order valence-electron chi connectivity index (χ0n) is 18.3. The van der Waals surface area contributed by atoms with Gasteiger partial charge in [-0.15, -0.1) is 0 Å². The summed E-state index contributed by atoms with van der Waals surface area (Å²) in [6, 6.07) is 8.43. The quantitative estimate of drug-likeness (QED) is 0.748. The highest BCUT2D eigenvalue weighted by molar-refractivity contribution is 5.81. The molecule has 0 aliphatic carbocycles. The molecule has 2 aliphatic heterocycles. The van der Waals surface area contributed by atoms with E-state index in [1.165, 1.54) is 6.07 Å². The van der Waals surface area contributed by atoms with Crippen LogP contribution in [-0.2, 0) is 16.0 Å². The summed E-state index contributed by atoms with van der Waals surface area (Å²) in [5.41, 5.74) is 0.609. The second kappa shape index (κ2) is 10.5. The van der Waals surface area contributed by atoms with E-state index in [0.29, 0.717) is 44.5 Å². The van der Waals surface area contributed by atoms with Crippen LogP contribution in [0, 0.1) is 17.7 Å². The number of aromatic nitrogens is 2. The topological polar surface area (TPSA) is 78.4 Å². The second-order valence-corrected chi connectivity index (χ2v) is 8.54. The van der Waals surface area contributed by atoms with Crippen LogP contribution in [0.25, 0.3) is 0 Å². The molecule has 7 nitrogen and oxygen atoms in total. The van der Waals surface area contributed by atoms with Gasteiger partial charge in [-0.2, -0.15) is 0 Å². The number of nitrogens with zero attached hydrogens (tertiary/aromatic N) is 4. The highest BCUT2D eigenvalue weighted by Crippen LogP contribution is 2.25. The third-order valence-corrected chi connectivity index (χ3v) is 6.51. The molecule has 4 rings (SSSR count). The molecule has 2 aliphatic rings. The van der Waals surface area contributed by atoms with Gasteiger partial charge in [0.1, 0.15) is 5.82 Å². The van der Waals surface area contributed by atoms with Crippen molar-refractivity contribution in [3.05, 3.63) is 54.1 Å². The van der Waals surface area contributed by atoms with Crippen LogP contribution in [0.3, 0.4) is 0 Å². The fourth-order valence-corrected chi connectivity index (χ4v) is 4.57. The molecule has 0 radical (unpaired) electrons. The van der Waals surface area contributed by atoms with E-state index in [9.17, 15) is 14.0 Å². The predicted molar refractivity (Wildman–Crippen MR) is 119 cm³/mol. The van der Waals surface area contributed by atoms with Crippen LogP contribution >= 0.6 is 0 Å². The summed E-state index contributed by atoms with van der Waals surface area (Å²) < 4.78 is 13.7. The molecule has 1 aromatic heterocycles. The lowest BCUT2D eigenvalue weighted by atomic mass is 9.91. The fraction of sp³-hybridized carbons (Fsp3) is 0.500. The van der Waals surface area contributed by atoms with Gasteiger partial charge in [-0.1, -0.05) is 18.2 Å². The third-order valence-electron chi connectivity index (χ3n) is 6.51. The van der Waals surface area contributed by atoms with E-state index in [4.69, 9.17) is 0 Å². The van der Waals surface area contributed by atoms with Gasteiger partial charge < -0.3 is 15.1 Å². The summed E-state index contributed by atoms with van der Waals surface area (Å²) >= 11 is 0. The van der Waals surface area contributed by atoms with Crippen molar-refractivity contribution in [1.82, 2.24) is 20.2 Å². The van der Waals surface area contributed by atoms with Gasteiger partial charge in [-0.25, -0.2) is 14.4 Å². The minimum absolute atomic E-state index is 0.00427. The molecule has 2 amide bonds. The van der Waals surface area contributed by atoms with E-state index in [1.807, 2.05) is 4.90 Å². The SMILES string of the molecule is O=C(NCCc1ccccc1F)C1CCN(C(=O)C2CCN(c3ncccn3)CC2)CC1. The smallest absolute Gasteiger partial charge is 0.225 e. The lowest BCUT2D eigenvalue weighted by Crippen LogP contribution is -2.47. The Balaban J connectivity index is 1.18. The van der Waals surface area contributed by atoms with E-state index in [1.54, 1.807) is 36.7 Å². The van der Waals surface area contributed by atoms with Crippen molar-refractivity contribution in [3.8, 4) is 0 Å². The summed E-state index contributed by atoms with van der Waals surface area (Å²) in [6.07, 6.45) is 6.89. The maximum absolute atomic E-state index is 13.7. The average molecular weight is 440 g/mol. The van der Waals surface area contributed by atoms with Gasteiger partial charge >= 0.3 is 0 Å². The van der Waals surface area contributed by atoms with Gasteiger partial charge in [0.05, 0.1) is 0 Å². The highest BCUT2D eigenvalue weighted by atomic mass is 19.1. The number of halogens is 1. The van der Waals surface area contributed by atoms with Crippen LogP contribution in [0.4, 0.5) is 10.3 Å². The first-order valence-electron chi connectivity index (χ1n) is 11.4. The molecule has 2 saturated heterocycles. The number of anilines is 1. The number of benzene rings is 1. The van der Waals surface area contributed by atoms with Gasteiger partial charge in [0.25, 0.3) is 0 Å². The van der Waals surface area contributed by atoms with Crippen molar-refractivity contribution in [2.45, 2.75) is 32.1 Å². The van der Waals surface area contributed by atoms with Gasteiger partial charge in [0.15, 0.2) is 0 Å². The lowest BCUT2D eigenvalue weighted by molar-refractivity contribution is -0.139. The first kappa shape index (κ1) is 22.2. The Labute approximate surface area is 188 Å². The molecular weight excluding hydrogens is 409 g/mol. The zero-order chi connectivity index (χ0) is 22.3. The molecule has 0 atom stereocenters. The number of hydrogen-bond donors (Lipinski definition) is 1. The van der Waals surface area contributed by atoms with E-state index < -0.39 is 0 Å². The summed E-state index contributed by atoms with van der Waals surface area (Å²) in [5.74, 6) is 0.635. The molecule has 2 aromatic rings. The number of carbonyl (C=O) groups excluding carboxylic acids is 2. The molecule has 0 bridgehead atoms. The summed E-state index contributed by atoms with van der Waals surface area (Å²) in [5, 5.41) is 2.93. The number of rotatable bonds is 6. The Kier molecular flexibility index (Phi) is 7.29. The van der Waals surface area contributed by atoms with E-state index in [2.05, 4.69) is 20.2 Å². The van der Waals surface area contributed by atoms with Crippen LogP contribution in [0.5, 0.6) is 0 Å². The highest BCUT2D eigenvalue weighted by Gasteiger charge is 2.32. The summed E-state index contributed by atoms with van der Waals surface area (Å²) in [6.45, 7) is 3.21. The molecule has 0 saturated carbocycles. The van der Waals surface area contributed by atoms with Crippen LogP contribution in [-0.4, -0.2) is 59.4 Å². The monoisotopic (exact) mass is 439 g/mol. The number of likely N-dealkylation sites (tertiary alicyclic amines) is 1. The number of carbonyl (C=O) groups is 2. The second-order valence-electron chi connectivity index (χ2n) is 8.54. The maximum atomic E-state index is 13.7. The Bertz CT molecular complexity index is 910. The number of nitrogens with one attached hydrogen (secondary N) is 1. The van der Waals surface area contributed by atoms with Crippen LogP contribution in [0.2, 0.25) is 0 Å². The van der Waals surface area contributed by atoms with Gasteiger partial charge in [-0.3, -0.25) is 9.59 Å². The normalized spacial score (nSPS) is 17.9. The average Bonchev–Trinajstić information content (AvgIpc) is 2.85. The first-order valence-corrected chi connectivity index (χ1v) is 11.4. The van der Waals surface area contributed by atoms with E-state index >= 15 is 0 Å². The molecule has 0 spiro atoms. The van der Waals surface area contributed by atoms with Crippen molar-refractivity contribution >= 4 is 17.8 Å². The maximum Gasteiger partial charge on any atom is 0.225 e. The molecule has 32 heavy (non-hydrogen) atoms. The standard InChI is InChI=1S/C24H30FN5O2/c25-21-5-2-1-4-18(21)6-13-26-22(31)19-7-14-29(15-8-19)23(32)20-9-16-30(17-10-20)24-27-11-3-12-28-24/h1-5,11-12,19-20H,6-10,13-17H2,(H,26,31). The Morgan fingerprint density at radius 3 is 2.28 bits per heavy atom. The van der Waals surface area contributed by atoms with Gasteiger partial charge in [-0.05, 0) is 49.8 Å². The predicted octanol–water partition coefficient (Wildman–Crippen LogP) is 2.43. The molecule has 3 heterocycles. The van der Waals surface area contributed by atoms with Gasteiger partial charge in [0, 0.05) is 57.0 Å². The zero-order valence-corrected chi connectivity index (χ0v) is 18.3. The van der Waals surface area contributed by atoms with Crippen LogP contribution in [0.1, 0.15) is 31.2 Å². The largest absolute Gasteiger partial charge is 0.356 e. The lowest BCUT2D eigenvalue weighted by Gasteiger charge is -2.37. The minimum atomic E-state index is -0.240. The van der Waals surface area contributed by atoms with Crippen molar-refractivity contribution in [3.63, 3.8) is 0 Å². The fourth-order valence-electron chi connectivity index (χ4n) is 4.57. The Morgan fingerprint density at radius 1 is 0.938 bits per heavy atom. The molecule has 170 valence electrons. The Morgan fingerprint density at radius 2 is 1.59 bits per heavy atom. The van der Waals surface area contributed by atoms with Crippen LogP contribution < -0.4 is 10.2 Å². The summed E-state index contributed by atoms with van der Waals surface area (Å²) in [7, 11) is 0. The van der Waals surface area contributed by atoms with Crippen molar-refractivity contribution in [2.75, 3.05) is 37.6 Å². The first-order chi connectivity index (χ1) is 15.6. The van der Waals surface area contributed by atoms with Crippen molar-refractivity contribution in [1.29, 1.82) is 0 Å². The Hall–Kier alpha value is -3.03. The van der Waals surface area contributed by atoms with E-state index in [0.717, 1.165) is 31.9 Å². The molecule has 1 N–H and O–H groups in total.